The number of nitrogens with zero attached hydrogens (tertiary/aromatic N) is 1. The van der Waals surface area contributed by atoms with Gasteiger partial charge in [0.05, 0.1) is 18.3 Å². The molecule has 0 aliphatic carbocycles. The number of pyridine rings is 1. The lowest BCUT2D eigenvalue weighted by atomic mass is 10.1. The van der Waals surface area contributed by atoms with E-state index < -0.39 is 0 Å². The van der Waals surface area contributed by atoms with Gasteiger partial charge in [-0.3, -0.25) is 4.79 Å². The molecule has 4 nitrogen and oxygen atoms in total. The summed E-state index contributed by atoms with van der Waals surface area (Å²) in [6.45, 7) is 2.06. The highest BCUT2D eigenvalue weighted by Crippen LogP contribution is 2.32. The van der Waals surface area contributed by atoms with Gasteiger partial charge in [0.15, 0.2) is 0 Å². The molecular weight excluding hydrogens is 348 g/mol. The average molecular weight is 368 g/mol. The number of carbonyl (C=O) groups excluding carboxylic acids is 1. The molecule has 0 unspecified atom stereocenters. The van der Waals surface area contributed by atoms with Crippen LogP contribution >= 0.6 is 0 Å². The van der Waals surface area contributed by atoms with Gasteiger partial charge in [-0.1, -0.05) is 48.0 Å². The first kappa shape index (κ1) is 17.7. The third-order valence-electron chi connectivity index (χ3n) is 4.63. The summed E-state index contributed by atoms with van der Waals surface area (Å²) in [6.07, 6.45) is 0. The lowest BCUT2D eigenvalue weighted by Crippen LogP contribution is -2.11. The number of hydrogen-bond acceptors (Lipinski definition) is 3. The predicted molar refractivity (Wildman–Crippen MR) is 113 cm³/mol. The average Bonchev–Trinajstić information content (AvgIpc) is 2.74. The minimum absolute atomic E-state index is 0.150. The van der Waals surface area contributed by atoms with E-state index in [1.165, 1.54) is 5.56 Å². The normalized spacial score (nSPS) is 10.6. The van der Waals surface area contributed by atoms with Crippen LogP contribution < -0.4 is 10.1 Å². The molecule has 0 aliphatic rings. The van der Waals surface area contributed by atoms with Crippen molar-refractivity contribution in [2.75, 3.05) is 12.4 Å². The second kappa shape index (κ2) is 7.53. The van der Waals surface area contributed by atoms with Crippen molar-refractivity contribution in [2.24, 2.45) is 0 Å². The van der Waals surface area contributed by atoms with Crippen molar-refractivity contribution >= 4 is 22.5 Å². The Balaban J connectivity index is 1.70. The smallest absolute Gasteiger partial charge is 0.255 e. The highest BCUT2D eigenvalue weighted by molar-refractivity contribution is 6.05. The van der Waals surface area contributed by atoms with E-state index in [1.807, 2.05) is 42.5 Å². The molecular formula is C24H20N2O2. The fourth-order valence-corrected chi connectivity index (χ4v) is 3.11. The van der Waals surface area contributed by atoms with Gasteiger partial charge in [-0.25, -0.2) is 4.98 Å². The van der Waals surface area contributed by atoms with Crippen molar-refractivity contribution in [3.8, 4) is 17.0 Å². The molecule has 0 aliphatic heterocycles. The van der Waals surface area contributed by atoms with E-state index in [9.17, 15) is 4.79 Å². The third kappa shape index (κ3) is 3.58. The summed E-state index contributed by atoms with van der Waals surface area (Å²) < 4.78 is 5.61. The molecule has 4 rings (SSSR count). The maximum Gasteiger partial charge on any atom is 0.255 e. The SMILES string of the molecule is COc1cc(-c2ccc(C)cc2)nc2ccc(NC(=O)c3ccccc3)cc12. The summed E-state index contributed by atoms with van der Waals surface area (Å²) in [5.41, 5.74) is 5.22. The number of nitrogens with one attached hydrogen (secondary N) is 1. The van der Waals surface area contributed by atoms with Gasteiger partial charge >= 0.3 is 0 Å². The fourth-order valence-electron chi connectivity index (χ4n) is 3.11. The number of anilines is 1. The van der Waals surface area contributed by atoms with Crippen LogP contribution in [0.3, 0.4) is 0 Å². The Morgan fingerprint density at radius 3 is 2.39 bits per heavy atom. The molecule has 0 bridgehead atoms. The summed E-state index contributed by atoms with van der Waals surface area (Å²) in [5.74, 6) is 0.569. The molecule has 1 amide bonds. The van der Waals surface area contributed by atoms with Gasteiger partial charge in [-0.2, -0.15) is 0 Å². The molecule has 0 spiro atoms. The molecule has 0 fully saturated rings. The molecule has 4 heteroatoms. The van der Waals surface area contributed by atoms with Crippen LogP contribution in [0.5, 0.6) is 5.75 Å². The van der Waals surface area contributed by atoms with Crippen LogP contribution in [0, 0.1) is 6.92 Å². The summed E-state index contributed by atoms with van der Waals surface area (Å²) in [4.78, 5) is 17.2. The van der Waals surface area contributed by atoms with E-state index in [2.05, 4.69) is 36.5 Å². The lowest BCUT2D eigenvalue weighted by Gasteiger charge is -2.11. The van der Waals surface area contributed by atoms with Crippen molar-refractivity contribution in [3.63, 3.8) is 0 Å². The molecule has 1 N–H and O–H groups in total. The number of amides is 1. The number of rotatable bonds is 4. The van der Waals surface area contributed by atoms with Gasteiger partial charge in [0.1, 0.15) is 5.75 Å². The molecule has 0 saturated heterocycles. The van der Waals surface area contributed by atoms with Crippen LogP contribution in [-0.2, 0) is 0 Å². The molecule has 0 atom stereocenters. The van der Waals surface area contributed by atoms with Crippen LogP contribution in [0.15, 0.2) is 78.9 Å². The summed E-state index contributed by atoms with van der Waals surface area (Å²) >= 11 is 0. The van der Waals surface area contributed by atoms with Crippen molar-refractivity contribution in [1.82, 2.24) is 4.98 Å². The third-order valence-corrected chi connectivity index (χ3v) is 4.63. The molecule has 4 aromatic rings. The monoisotopic (exact) mass is 368 g/mol. The largest absolute Gasteiger partial charge is 0.496 e. The van der Waals surface area contributed by atoms with E-state index in [1.54, 1.807) is 19.2 Å². The first-order valence-corrected chi connectivity index (χ1v) is 9.06. The molecule has 0 saturated carbocycles. The minimum atomic E-state index is -0.150. The summed E-state index contributed by atoms with van der Waals surface area (Å²) in [6, 6.07) is 24.9. The zero-order valence-electron chi connectivity index (χ0n) is 15.8. The van der Waals surface area contributed by atoms with Crippen LogP contribution in [0.4, 0.5) is 5.69 Å². The quantitative estimate of drug-likeness (QED) is 0.519. The summed E-state index contributed by atoms with van der Waals surface area (Å²) in [5, 5.41) is 3.78. The molecule has 1 aromatic heterocycles. The molecule has 1 heterocycles. The summed E-state index contributed by atoms with van der Waals surface area (Å²) in [7, 11) is 1.64. The molecule has 3 aromatic carbocycles. The second-order valence-electron chi connectivity index (χ2n) is 6.63. The van der Waals surface area contributed by atoms with Crippen LogP contribution in [-0.4, -0.2) is 18.0 Å². The maximum absolute atomic E-state index is 12.4. The fraction of sp³-hybridized carbons (Fsp3) is 0.0833. The Morgan fingerprint density at radius 1 is 0.929 bits per heavy atom. The van der Waals surface area contributed by atoms with Gasteiger partial charge in [0.25, 0.3) is 5.91 Å². The number of aromatic nitrogens is 1. The first-order valence-electron chi connectivity index (χ1n) is 9.06. The second-order valence-corrected chi connectivity index (χ2v) is 6.63. The van der Waals surface area contributed by atoms with E-state index in [4.69, 9.17) is 9.72 Å². The minimum Gasteiger partial charge on any atom is -0.496 e. The Morgan fingerprint density at radius 2 is 1.68 bits per heavy atom. The van der Waals surface area contributed by atoms with E-state index in [-0.39, 0.29) is 5.91 Å². The van der Waals surface area contributed by atoms with Gasteiger partial charge in [-0.05, 0) is 37.3 Å². The Bertz CT molecular complexity index is 1140. The van der Waals surface area contributed by atoms with Crippen molar-refractivity contribution in [2.45, 2.75) is 6.92 Å². The van der Waals surface area contributed by atoms with Gasteiger partial charge in [0, 0.05) is 28.3 Å². The molecule has 0 radical (unpaired) electrons. The van der Waals surface area contributed by atoms with Gasteiger partial charge in [-0.15, -0.1) is 0 Å². The number of methoxy groups -OCH3 is 1. The molecule has 28 heavy (non-hydrogen) atoms. The number of benzene rings is 3. The maximum atomic E-state index is 12.4. The zero-order chi connectivity index (χ0) is 19.5. The lowest BCUT2D eigenvalue weighted by molar-refractivity contribution is 0.102. The topological polar surface area (TPSA) is 51.2 Å². The number of carbonyl (C=O) groups is 1. The number of fused-ring (bicyclic) bond motifs is 1. The standard InChI is InChI=1S/C24H20N2O2/c1-16-8-10-17(11-9-16)22-15-23(28-2)20-14-19(12-13-21(20)26-22)25-24(27)18-6-4-3-5-7-18/h3-15H,1-2H3,(H,25,27). The van der Waals surface area contributed by atoms with Crippen LogP contribution in [0.25, 0.3) is 22.2 Å². The highest BCUT2D eigenvalue weighted by Gasteiger charge is 2.11. The number of aryl methyl sites for hydroxylation is 1. The van der Waals surface area contributed by atoms with E-state index in [0.29, 0.717) is 11.3 Å². The molecule has 138 valence electrons. The number of ether oxygens (including phenoxy) is 1. The van der Waals surface area contributed by atoms with Crippen molar-refractivity contribution in [3.05, 3.63) is 90.0 Å². The Hall–Kier alpha value is -3.66. The Kier molecular flexibility index (Phi) is 4.77. The predicted octanol–water partition coefficient (Wildman–Crippen LogP) is 5.47. The van der Waals surface area contributed by atoms with Gasteiger partial charge < -0.3 is 10.1 Å². The van der Waals surface area contributed by atoms with E-state index >= 15 is 0 Å². The van der Waals surface area contributed by atoms with Crippen LogP contribution in [0.2, 0.25) is 0 Å². The van der Waals surface area contributed by atoms with Crippen molar-refractivity contribution in [1.29, 1.82) is 0 Å². The Labute approximate surface area is 163 Å². The van der Waals surface area contributed by atoms with E-state index in [0.717, 1.165) is 27.9 Å². The van der Waals surface area contributed by atoms with Gasteiger partial charge in [0.2, 0.25) is 0 Å². The number of hydrogen-bond donors (Lipinski definition) is 1. The van der Waals surface area contributed by atoms with Crippen molar-refractivity contribution < 1.29 is 9.53 Å². The van der Waals surface area contributed by atoms with Crippen LogP contribution in [0.1, 0.15) is 15.9 Å². The first-order chi connectivity index (χ1) is 13.6. The zero-order valence-corrected chi connectivity index (χ0v) is 15.8. The highest BCUT2D eigenvalue weighted by atomic mass is 16.5.